The molecule has 5 heteroatoms. The fraction of sp³-hybridized carbons (Fsp3) is 0.524. The molecule has 0 aliphatic carbocycles. The zero-order valence-corrected chi connectivity index (χ0v) is 16.2. The van der Waals surface area contributed by atoms with E-state index < -0.39 is 0 Å². The Balaban J connectivity index is 1.97. The lowest BCUT2D eigenvalue weighted by molar-refractivity contribution is -0.122. The number of fused-ring (bicyclic) bond motifs is 1. The smallest absolute Gasteiger partial charge is 0.228 e. The molecule has 1 aromatic carbocycles. The van der Waals surface area contributed by atoms with Crippen molar-refractivity contribution in [1.82, 2.24) is 15.1 Å². The van der Waals surface area contributed by atoms with E-state index in [0.717, 1.165) is 48.4 Å². The quantitative estimate of drug-likeness (QED) is 0.806. The van der Waals surface area contributed by atoms with Crippen molar-refractivity contribution in [1.29, 1.82) is 0 Å². The molecule has 1 amide bonds. The number of carbonyl (C=O) groups is 1. The molecule has 0 spiro atoms. The van der Waals surface area contributed by atoms with Gasteiger partial charge in [0.2, 0.25) is 5.91 Å². The minimum absolute atomic E-state index is 0.0146. The molecule has 26 heavy (non-hydrogen) atoms. The first-order chi connectivity index (χ1) is 12.5. The summed E-state index contributed by atoms with van der Waals surface area (Å²) < 4.78 is 1.91. The molecule has 5 nitrogen and oxygen atoms in total. The Labute approximate surface area is 156 Å². The summed E-state index contributed by atoms with van der Waals surface area (Å²) in [4.78, 5) is 14.9. The predicted molar refractivity (Wildman–Crippen MR) is 108 cm³/mol. The molecule has 1 fully saturated rings. The van der Waals surface area contributed by atoms with Gasteiger partial charge in [0, 0.05) is 38.3 Å². The van der Waals surface area contributed by atoms with Crippen LogP contribution in [0.15, 0.2) is 30.9 Å². The molecule has 0 bridgehead atoms. The maximum atomic E-state index is 12.4. The van der Waals surface area contributed by atoms with Crippen LogP contribution in [0.25, 0.3) is 10.9 Å². The highest BCUT2D eigenvalue weighted by molar-refractivity contribution is 5.92. The molecule has 0 radical (unpaired) electrons. The number of anilines is 1. The highest BCUT2D eigenvalue weighted by atomic mass is 16.1. The van der Waals surface area contributed by atoms with Crippen LogP contribution < -0.4 is 10.2 Å². The average Bonchev–Trinajstić information content (AvgIpc) is 2.98. The van der Waals surface area contributed by atoms with Gasteiger partial charge in [-0.25, -0.2) is 0 Å². The Morgan fingerprint density at radius 3 is 3.00 bits per heavy atom. The topological polar surface area (TPSA) is 50.2 Å². The molecule has 2 aromatic rings. The molecule has 2 unspecified atom stereocenters. The van der Waals surface area contributed by atoms with Gasteiger partial charge in [-0.2, -0.15) is 5.10 Å². The number of nitrogens with one attached hydrogen (secondary N) is 1. The summed E-state index contributed by atoms with van der Waals surface area (Å²) in [5.74, 6) is 0.501. The third-order valence-electron chi connectivity index (χ3n) is 5.44. The van der Waals surface area contributed by atoms with Gasteiger partial charge in [0.25, 0.3) is 0 Å². The van der Waals surface area contributed by atoms with E-state index in [1.807, 2.05) is 17.8 Å². The van der Waals surface area contributed by atoms with Gasteiger partial charge >= 0.3 is 0 Å². The van der Waals surface area contributed by atoms with Gasteiger partial charge in [-0.1, -0.05) is 13.0 Å². The van der Waals surface area contributed by atoms with Gasteiger partial charge < -0.3 is 10.2 Å². The zero-order chi connectivity index (χ0) is 18.7. The Kier molecular flexibility index (Phi) is 5.64. The van der Waals surface area contributed by atoms with Crippen molar-refractivity contribution in [2.75, 3.05) is 25.0 Å². The molecule has 140 valence electrons. The molecule has 0 saturated carbocycles. The number of rotatable bonds is 6. The normalized spacial score (nSPS) is 18.7. The number of benzene rings is 1. The van der Waals surface area contributed by atoms with E-state index in [2.05, 4.69) is 41.9 Å². The first kappa shape index (κ1) is 18.5. The van der Waals surface area contributed by atoms with Crippen molar-refractivity contribution < 1.29 is 4.79 Å². The molecular formula is C21H30N4O. The Morgan fingerprint density at radius 2 is 2.31 bits per heavy atom. The number of likely N-dealkylation sites (N-methyl/N-ethyl adjacent to an activating group) is 1. The summed E-state index contributed by atoms with van der Waals surface area (Å²) in [6, 6.07) is 6.54. The third-order valence-corrected chi connectivity index (χ3v) is 5.44. The number of nitrogens with zero attached hydrogens (tertiary/aromatic N) is 3. The number of aromatic nitrogens is 2. The standard InChI is InChI=1S/C21H30N4O/c1-5-6-9-18(21(26)22-3)20-17-11-10-16(13-19(17)24(4)23-20)25-12-7-8-15(2)14-25/h5,10-11,13,15,18H,1,6-9,12,14H2,2-4H3,(H,22,26). The van der Waals surface area contributed by atoms with Crippen LogP contribution in [0.4, 0.5) is 5.69 Å². The molecule has 1 aliphatic heterocycles. The van der Waals surface area contributed by atoms with Gasteiger partial charge in [-0.3, -0.25) is 9.48 Å². The van der Waals surface area contributed by atoms with Gasteiger partial charge in [-0.15, -0.1) is 6.58 Å². The SMILES string of the molecule is C=CCCC(C(=O)NC)c1nn(C)c2cc(N3CCCC(C)C3)ccc12. The number of allylic oxidation sites excluding steroid dienone is 1. The second kappa shape index (κ2) is 7.94. The van der Waals surface area contributed by atoms with Crippen LogP contribution in [-0.2, 0) is 11.8 Å². The van der Waals surface area contributed by atoms with E-state index in [9.17, 15) is 4.79 Å². The monoisotopic (exact) mass is 354 g/mol. The summed E-state index contributed by atoms with van der Waals surface area (Å²) >= 11 is 0. The van der Waals surface area contributed by atoms with Gasteiger partial charge in [0.15, 0.2) is 0 Å². The molecule has 1 N–H and O–H groups in total. The first-order valence-corrected chi connectivity index (χ1v) is 9.59. The summed E-state index contributed by atoms with van der Waals surface area (Å²) in [5, 5.41) is 8.57. The minimum atomic E-state index is -0.248. The number of aryl methyl sites for hydroxylation is 1. The number of hydrogen-bond donors (Lipinski definition) is 1. The van der Waals surface area contributed by atoms with E-state index in [0.29, 0.717) is 0 Å². The summed E-state index contributed by atoms with van der Waals surface area (Å²) in [6.45, 7) is 8.32. The summed E-state index contributed by atoms with van der Waals surface area (Å²) in [7, 11) is 3.65. The predicted octanol–water partition coefficient (Wildman–Crippen LogP) is 3.61. The van der Waals surface area contributed by atoms with Crippen LogP contribution in [0.3, 0.4) is 0 Å². The van der Waals surface area contributed by atoms with Crippen LogP contribution in [0, 0.1) is 5.92 Å². The minimum Gasteiger partial charge on any atom is -0.371 e. The fourth-order valence-corrected chi connectivity index (χ4v) is 4.00. The highest BCUT2D eigenvalue weighted by Crippen LogP contribution is 2.32. The molecule has 3 rings (SSSR count). The Morgan fingerprint density at radius 1 is 1.50 bits per heavy atom. The second-order valence-electron chi connectivity index (χ2n) is 7.44. The molecule has 1 aromatic heterocycles. The van der Waals surface area contributed by atoms with Crippen LogP contribution in [-0.4, -0.2) is 35.8 Å². The number of carbonyl (C=O) groups excluding carboxylic acids is 1. The van der Waals surface area contributed by atoms with Crippen molar-refractivity contribution in [2.24, 2.45) is 13.0 Å². The van der Waals surface area contributed by atoms with E-state index in [-0.39, 0.29) is 11.8 Å². The van der Waals surface area contributed by atoms with E-state index in [4.69, 9.17) is 5.10 Å². The van der Waals surface area contributed by atoms with Gasteiger partial charge in [-0.05, 0) is 49.8 Å². The summed E-state index contributed by atoms with van der Waals surface area (Å²) in [6.07, 6.45) is 5.93. The average molecular weight is 354 g/mol. The van der Waals surface area contributed by atoms with Crippen LogP contribution in [0.1, 0.15) is 44.2 Å². The zero-order valence-electron chi connectivity index (χ0n) is 16.2. The Bertz CT molecular complexity index is 795. The van der Waals surface area contributed by atoms with E-state index >= 15 is 0 Å². The molecule has 2 atom stereocenters. The van der Waals surface area contributed by atoms with E-state index in [1.54, 1.807) is 7.05 Å². The van der Waals surface area contributed by atoms with Crippen LogP contribution in [0.2, 0.25) is 0 Å². The maximum absolute atomic E-state index is 12.4. The molecule has 2 heterocycles. The van der Waals surface area contributed by atoms with Crippen molar-refractivity contribution in [3.8, 4) is 0 Å². The second-order valence-corrected chi connectivity index (χ2v) is 7.44. The van der Waals surface area contributed by atoms with Gasteiger partial charge in [0.05, 0.1) is 17.1 Å². The van der Waals surface area contributed by atoms with Gasteiger partial charge in [0.1, 0.15) is 0 Å². The first-order valence-electron chi connectivity index (χ1n) is 9.59. The largest absolute Gasteiger partial charge is 0.371 e. The summed E-state index contributed by atoms with van der Waals surface area (Å²) in [5.41, 5.74) is 3.20. The van der Waals surface area contributed by atoms with Crippen molar-refractivity contribution >= 4 is 22.5 Å². The number of amides is 1. The molecule has 1 saturated heterocycles. The lowest BCUT2D eigenvalue weighted by Gasteiger charge is -2.32. The number of hydrogen-bond acceptors (Lipinski definition) is 3. The third kappa shape index (κ3) is 3.62. The maximum Gasteiger partial charge on any atom is 0.228 e. The van der Waals surface area contributed by atoms with Crippen LogP contribution in [0.5, 0.6) is 0 Å². The van der Waals surface area contributed by atoms with E-state index in [1.165, 1.54) is 18.5 Å². The molecule has 1 aliphatic rings. The van der Waals surface area contributed by atoms with Crippen molar-refractivity contribution in [3.05, 3.63) is 36.5 Å². The molecular weight excluding hydrogens is 324 g/mol. The Hall–Kier alpha value is -2.30. The number of piperidine rings is 1. The van der Waals surface area contributed by atoms with Crippen molar-refractivity contribution in [2.45, 2.75) is 38.5 Å². The highest BCUT2D eigenvalue weighted by Gasteiger charge is 2.25. The fourth-order valence-electron chi connectivity index (χ4n) is 4.00. The lowest BCUT2D eigenvalue weighted by atomic mass is 9.95. The van der Waals surface area contributed by atoms with Crippen molar-refractivity contribution in [3.63, 3.8) is 0 Å². The lowest BCUT2D eigenvalue weighted by Crippen LogP contribution is -2.34. The van der Waals surface area contributed by atoms with Crippen LogP contribution >= 0.6 is 0 Å².